The summed E-state index contributed by atoms with van der Waals surface area (Å²) in [6, 6.07) is 0. The van der Waals surface area contributed by atoms with Crippen molar-refractivity contribution < 1.29 is 13.2 Å². The van der Waals surface area contributed by atoms with Crippen molar-refractivity contribution in [2.45, 2.75) is 45.7 Å². The molecule has 0 nitrogen and oxygen atoms in total. The molecule has 0 heterocycles. The van der Waals surface area contributed by atoms with Gasteiger partial charge in [-0.15, -0.1) is 0 Å². The molecule has 92 valence electrons. The first-order valence-electron chi connectivity index (χ1n) is 5.55. The third kappa shape index (κ3) is 6.49. The van der Waals surface area contributed by atoms with Gasteiger partial charge in [-0.25, -0.2) is 0 Å². The quantitative estimate of drug-likeness (QED) is 0.553. The second-order valence-corrected chi connectivity index (χ2v) is 3.70. The summed E-state index contributed by atoms with van der Waals surface area (Å²) in [5.41, 5.74) is -0.0876. The molecule has 0 aliphatic rings. The third-order valence-corrected chi connectivity index (χ3v) is 2.01. The van der Waals surface area contributed by atoms with E-state index >= 15 is 0 Å². The first-order valence-corrected chi connectivity index (χ1v) is 5.55. The Labute approximate surface area is 95.5 Å². The van der Waals surface area contributed by atoms with Gasteiger partial charge in [0.05, 0.1) is 5.57 Å². The Hall–Kier alpha value is -0.990. The van der Waals surface area contributed by atoms with Gasteiger partial charge >= 0.3 is 6.18 Å². The second-order valence-electron chi connectivity index (χ2n) is 3.70. The van der Waals surface area contributed by atoms with E-state index in [1.807, 2.05) is 13.8 Å². The molecule has 0 spiro atoms. The lowest BCUT2D eigenvalue weighted by molar-refractivity contribution is -0.0882. The van der Waals surface area contributed by atoms with E-state index in [0.29, 0.717) is 18.4 Å². The molecular formula is C13H19F3. The minimum atomic E-state index is -4.29. The van der Waals surface area contributed by atoms with E-state index in [9.17, 15) is 13.2 Å². The maximum atomic E-state index is 12.6. The molecule has 0 aliphatic heterocycles. The molecule has 0 unspecified atom stereocenters. The van der Waals surface area contributed by atoms with Gasteiger partial charge in [0.25, 0.3) is 0 Å². The SMILES string of the molecule is C=C(/C=C(\C=C/CCC)C(F)(F)F)CCC. The van der Waals surface area contributed by atoms with Gasteiger partial charge in [0.2, 0.25) is 0 Å². The van der Waals surface area contributed by atoms with Crippen LogP contribution in [0.1, 0.15) is 39.5 Å². The van der Waals surface area contributed by atoms with E-state index in [0.717, 1.165) is 25.0 Å². The zero-order valence-corrected chi connectivity index (χ0v) is 9.90. The number of rotatable bonds is 6. The molecule has 0 radical (unpaired) electrons. The van der Waals surface area contributed by atoms with E-state index in [2.05, 4.69) is 6.58 Å². The summed E-state index contributed by atoms with van der Waals surface area (Å²) < 4.78 is 37.8. The van der Waals surface area contributed by atoms with Crippen molar-refractivity contribution in [2.75, 3.05) is 0 Å². The zero-order valence-electron chi connectivity index (χ0n) is 9.90. The van der Waals surface area contributed by atoms with Crippen LogP contribution in [0.15, 0.2) is 36.0 Å². The van der Waals surface area contributed by atoms with Gasteiger partial charge in [0.1, 0.15) is 0 Å². The van der Waals surface area contributed by atoms with E-state index in [-0.39, 0.29) is 0 Å². The maximum absolute atomic E-state index is 12.6. The standard InChI is InChI=1S/C13H19F3/c1-4-6-7-9-12(13(14,15)16)10-11(3)8-5-2/h7,9-10H,3-6,8H2,1-2H3/b9-7-,12-10+. The Balaban J connectivity index is 4.74. The molecule has 3 heteroatoms. The summed E-state index contributed by atoms with van der Waals surface area (Å²) in [6.07, 6.45) is 2.45. The highest BCUT2D eigenvalue weighted by atomic mass is 19.4. The van der Waals surface area contributed by atoms with Crippen LogP contribution in [0.2, 0.25) is 0 Å². The van der Waals surface area contributed by atoms with E-state index in [1.54, 1.807) is 6.08 Å². The van der Waals surface area contributed by atoms with Gasteiger partial charge in [0, 0.05) is 0 Å². The van der Waals surface area contributed by atoms with Gasteiger partial charge in [-0.3, -0.25) is 0 Å². The Morgan fingerprint density at radius 3 is 2.25 bits per heavy atom. The molecule has 0 N–H and O–H groups in total. The molecule has 0 bridgehead atoms. The number of hydrogen-bond acceptors (Lipinski definition) is 0. The number of halogens is 3. The highest BCUT2D eigenvalue weighted by Gasteiger charge is 2.31. The molecular weight excluding hydrogens is 213 g/mol. The maximum Gasteiger partial charge on any atom is 0.416 e. The highest BCUT2D eigenvalue weighted by molar-refractivity contribution is 5.32. The van der Waals surface area contributed by atoms with Crippen LogP contribution in [-0.2, 0) is 0 Å². The molecule has 0 aromatic rings. The second kappa shape index (κ2) is 7.31. The van der Waals surface area contributed by atoms with Crippen LogP contribution in [0.3, 0.4) is 0 Å². The Bertz CT molecular complexity index is 269. The fourth-order valence-corrected chi connectivity index (χ4v) is 1.21. The van der Waals surface area contributed by atoms with E-state index in [4.69, 9.17) is 0 Å². The van der Waals surface area contributed by atoms with Crippen molar-refractivity contribution in [3.63, 3.8) is 0 Å². The average Bonchev–Trinajstić information content (AvgIpc) is 2.15. The summed E-state index contributed by atoms with van der Waals surface area (Å²) in [5, 5.41) is 0. The Kier molecular flexibility index (Phi) is 6.86. The molecule has 0 rings (SSSR count). The molecule has 0 amide bonds. The van der Waals surface area contributed by atoms with Crippen molar-refractivity contribution in [1.29, 1.82) is 0 Å². The molecule has 0 atom stereocenters. The smallest absolute Gasteiger partial charge is 0.166 e. The normalized spacial score (nSPS) is 13.4. The summed E-state index contributed by atoms with van der Waals surface area (Å²) >= 11 is 0. The van der Waals surface area contributed by atoms with Crippen LogP contribution in [0.4, 0.5) is 13.2 Å². The van der Waals surface area contributed by atoms with Crippen LogP contribution in [0.5, 0.6) is 0 Å². The lowest BCUT2D eigenvalue weighted by Crippen LogP contribution is -2.10. The molecule has 0 fully saturated rings. The number of allylic oxidation sites excluding steroid dienone is 5. The monoisotopic (exact) mass is 232 g/mol. The van der Waals surface area contributed by atoms with E-state index < -0.39 is 11.7 Å². The molecule has 0 aromatic carbocycles. The summed E-state index contributed by atoms with van der Waals surface area (Å²) in [4.78, 5) is 0. The Morgan fingerprint density at radius 1 is 1.19 bits per heavy atom. The van der Waals surface area contributed by atoms with Gasteiger partial charge < -0.3 is 0 Å². The van der Waals surface area contributed by atoms with Crippen molar-refractivity contribution in [3.8, 4) is 0 Å². The third-order valence-electron chi connectivity index (χ3n) is 2.01. The topological polar surface area (TPSA) is 0 Å². The summed E-state index contributed by atoms with van der Waals surface area (Å²) in [7, 11) is 0. The lowest BCUT2D eigenvalue weighted by Gasteiger charge is -2.08. The van der Waals surface area contributed by atoms with Gasteiger partial charge in [-0.1, -0.05) is 51.0 Å². The molecule has 0 saturated heterocycles. The van der Waals surface area contributed by atoms with Crippen molar-refractivity contribution in [3.05, 3.63) is 36.0 Å². The Morgan fingerprint density at radius 2 is 1.81 bits per heavy atom. The van der Waals surface area contributed by atoms with Crippen LogP contribution in [-0.4, -0.2) is 6.18 Å². The molecule has 0 saturated carbocycles. The first-order chi connectivity index (χ1) is 7.41. The first kappa shape index (κ1) is 15.0. The number of alkyl halides is 3. The minimum Gasteiger partial charge on any atom is -0.166 e. The van der Waals surface area contributed by atoms with Crippen molar-refractivity contribution >= 4 is 0 Å². The fourth-order valence-electron chi connectivity index (χ4n) is 1.21. The predicted molar refractivity (Wildman–Crippen MR) is 62.2 cm³/mol. The van der Waals surface area contributed by atoms with Gasteiger partial charge in [-0.2, -0.15) is 13.2 Å². The molecule has 0 aromatic heterocycles. The van der Waals surface area contributed by atoms with Crippen LogP contribution in [0.25, 0.3) is 0 Å². The van der Waals surface area contributed by atoms with Crippen LogP contribution in [0, 0.1) is 0 Å². The fraction of sp³-hybridized carbons (Fsp3) is 0.538. The predicted octanol–water partition coefficient (Wildman–Crippen LogP) is 5.19. The van der Waals surface area contributed by atoms with Crippen LogP contribution < -0.4 is 0 Å². The largest absolute Gasteiger partial charge is 0.416 e. The van der Waals surface area contributed by atoms with Crippen molar-refractivity contribution in [1.82, 2.24) is 0 Å². The molecule has 16 heavy (non-hydrogen) atoms. The number of hydrogen-bond donors (Lipinski definition) is 0. The summed E-state index contributed by atoms with van der Waals surface area (Å²) in [5.74, 6) is 0. The zero-order chi connectivity index (χ0) is 12.6. The van der Waals surface area contributed by atoms with Gasteiger partial charge in [-0.05, 0) is 18.9 Å². The average molecular weight is 232 g/mol. The summed E-state index contributed by atoms with van der Waals surface area (Å²) in [6.45, 7) is 7.46. The highest BCUT2D eigenvalue weighted by Crippen LogP contribution is 2.28. The van der Waals surface area contributed by atoms with Crippen molar-refractivity contribution in [2.24, 2.45) is 0 Å². The van der Waals surface area contributed by atoms with Crippen LogP contribution >= 0.6 is 0 Å². The molecule has 0 aliphatic carbocycles. The van der Waals surface area contributed by atoms with Gasteiger partial charge in [0.15, 0.2) is 0 Å². The minimum absolute atomic E-state index is 0.524. The number of unbranched alkanes of at least 4 members (excludes halogenated alkanes) is 1. The van der Waals surface area contributed by atoms with E-state index in [1.165, 1.54) is 0 Å². The lowest BCUT2D eigenvalue weighted by atomic mass is 10.1.